The van der Waals surface area contributed by atoms with E-state index in [1.807, 2.05) is 13.8 Å². The van der Waals surface area contributed by atoms with Crippen molar-refractivity contribution in [1.29, 1.82) is 0 Å². The molecule has 2 fully saturated rings. The van der Waals surface area contributed by atoms with Gasteiger partial charge in [-0.25, -0.2) is 4.79 Å². The summed E-state index contributed by atoms with van der Waals surface area (Å²) in [5.41, 5.74) is 16.6. The molecule has 2 aliphatic heterocycles. The number of likely N-dealkylation sites (tertiary alicyclic amines) is 2. The Morgan fingerprint density at radius 3 is 1.75 bits per heavy atom. The molecule has 65 heavy (non-hydrogen) atoms. The molecular formula is C40H68N12O12S. The molecule has 8 amide bonds. The Kier molecular flexibility index (Phi) is 22.9. The van der Waals surface area contributed by atoms with Crippen molar-refractivity contribution in [3.63, 3.8) is 0 Å². The van der Waals surface area contributed by atoms with Crippen molar-refractivity contribution in [3.05, 3.63) is 0 Å². The average Bonchev–Trinajstić information content (AvgIpc) is 3.94. The Morgan fingerprint density at radius 2 is 1.26 bits per heavy atom. The molecule has 2 heterocycles. The van der Waals surface area contributed by atoms with Crippen LogP contribution in [0.5, 0.6) is 0 Å². The lowest BCUT2D eigenvalue weighted by Crippen LogP contribution is -2.59. The number of aliphatic imine (C=N–C) groups is 1. The van der Waals surface area contributed by atoms with Gasteiger partial charge in [0.1, 0.15) is 42.3 Å². The van der Waals surface area contributed by atoms with Gasteiger partial charge in [-0.2, -0.15) is 12.6 Å². The molecule has 0 aromatic rings. The van der Waals surface area contributed by atoms with Crippen LogP contribution < -0.4 is 49.1 Å². The maximum absolute atomic E-state index is 14.1. The molecule has 0 saturated carbocycles. The second-order valence-electron chi connectivity index (χ2n) is 16.9. The maximum Gasteiger partial charge on any atom is 0.326 e. The molecule has 0 aliphatic carbocycles. The summed E-state index contributed by atoms with van der Waals surface area (Å²) in [6.45, 7) is 7.95. The van der Waals surface area contributed by atoms with Gasteiger partial charge in [0.15, 0.2) is 5.96 Å². The number of hydrogen-bond donors (Lipinski definition) is 12. The van der Waals surface area contributed by atoms with Crippen LogP contribution in [0.1, 0.15) is 92.4 Å². The molecule has 2 rings (SSSR count). The van der Waals surface area contributed by atoms with Crippen LogP contribution in [0.4, 0.5) is 0 Å². The van der Waals surface area contributed by atoms with Crippen molar-refractivity contribution in [2.45, 2.75) is 141 Å². The Hall–Kier alpha value is -5.72. The molecule has 2 saturated heterocycles. The number of amides is 8. The first-order chi connectivity index (χ1) is 30.5. The van der Waals surface area contributed by atoms with Crippen molar-refractivity contribution in [2.24, 2.45) is 34.0 Å². The van der Waals surface area contributed by atoms with E-state index in [0.717, 1.165) is 0 Å². The summed E-state index contributed by atoms with van der Waals surface area (Å²) >= 11 is 4.01. The number of carboxylic acids is 2. The summed E-state index contributed by atoms with van der Waals surface area (Å²) in [7, 11) is 0. The number of hydrogen-bond acceptors (Lipinski definition) is 13. The molecule has 2 aliphatic rings. The highest BCUT2D eigenvalue weighted by Crippen LogP contribution is 2.22. The van der Waals surface area contributed by atoms with Crippen LogP contribution in [0, 0.1) is 11.8 Å². The minimum atomic E-state index is -1.43. The predicted molar refractivity (Wildman–Crippen MR) is 238 cm³/mol. The highest BCUT2D eigenvalue weighted by molar-refractivity contribution is 7.80. The van der Waals surface area contributed by atoms with Crippen LogP contribution in [0.2, 0.25) is 0 Å². The van der Waals surface area contributed by atoms with Gasteiger partial charge in [0.2, 0.25) is 47.3 Å². The summed E-state index contributed by atoms with van der Waals surface area (Å²) in [5, 5.41) is 34.1. The van der Waals surface area contributed by atoms with Crippen molar-refractivity contribution < 1.29 is 58.2 Å². The largest absolute Gasteiger partial charge is 0.481 e. The number of guanidine groups is 1. The molecule has 8 atom stereocenters. The lowest BCUT2D eigenvalue weighted by molar-refractivity contribution is -0.146. The zero-order valence-corrected chi connectivity index (χ0v) is 38.6. The van der Waals surface area contributed by atoms with E-state index in [2.05, 4.69) is 49.5 Å². The van der Waals surface area contributed by atoms with Crippen LogP contribution in [0.25, 0.3) is 0 Å². The van der Waals surface area contributed by atoms with Crippen molar-refractivity contribution in [3.8, 4) is 0 Å². The first-order valence-electron chi connectivity index (χ1n) is 21.7. The van der Waals surface area contributed by atoms with E-state index < -0.39 is 126 Å². The molecule has 0 bridgehead atoms. The molecule has 366 valence electrons. The van der Waals surface area contributed by atoms with E-state index in [1.165, 1.54) is 16.7 Å². The van der Waals surface area contributed by atoms with E-state index in [-0.39, 0.29) is 75.8 Å². The summed E-state index contributed by atoms with van der Waals surface area (Å²) in [5.74, 6) is -8.85. The monoisotopic (exact) mass is 940 g/mol. The van der Waals surface area contributed by atoms with Crippen LogP contribution >= 0.6 is 12.6 Å². The first kappa shape index (κ1) is 55.4. The summed E-state index contributed by atoms with van der Waals surface area (Å²) in [4.78, 5) is 137. The molecule has 0 spiro atoms. The van der Waals surface area contributed by atoms with Crippen LogP contribution in [-0.4, -0.2) is 165 Å². The van der Waals surface area contributed by atoms with Gasteiger partial charge >= 0.3 is 11.9 Å². The molecule has 24 nitrogen and oxygen atoms in total. The zero-order valence-electron chi connectivity index (χ0n) is 37.7. The molecule has 14 N–H and O–H groups in total. The minimum Gasteiger partial charge on any atom is -0.481 e. The molecule has 25 heteroatoms. The Balaban J connectivity index is 2.19. The quantitative estimate of drug-likeness (QED) is 0.0173. The number of aliphatic carboxylic acids is 2. The van der Waals surface area contributed by atoms with E-state index in [1.54, 1.807) is 13.8 Å². The van der Waals surface area contributed by atoms with E-state index in [9.17, 15) is 58.2 Å². The van der Waals surface area contributed by atoms with Crippen molar-refractivity contribution >= 4 is 77.8 Å². The number of nitrogens with two attached hydrogens (primary N) is 3. The molecule has 0 aromatic carbocycles. The smallest absolute Gasteiger partial charge is 0.326 e. The third-order valence-electron chi connectivity index (χ3n) is 10.8. The van der Waals surface area contributed by atoms with Gasteiger partial charge in [0.05, 0.1) is 12.6 Å². The SMILES string of the molecule is CC(C)C[C@H](NC(=O)[C@@H](N)CS)C(=O)NCC(=O)N[C@@H](CCCN=C(N)N)C(=O)N1CCC[C@H]1C(=O)N[C@@H](C)C(=O)N[C@@H](CCC(=O)O)C(=O)N1CCC[C@H]1C(=O)N[C@H](C(=O)O)C(C)C. The fourth-order valence-electron chi connectivity index (χ4n) is 7.33. The van der Waals surface area contributed by atoms with Crippen LogP contribution in [0.3, 0.4) is 0 Å². The van der Waals surface area contributed by atoms with Gasteiger partial charge in [0, 0.05) is 31.8 Å². The van der Waals surface area contributed by atoms with Crippen LogP contribution in [-0.2, 0) is 47.9 Å². The van der Waals surface area contributed by atoms with Gasteiger partial charge in [0.25, 0.3) is 0 Å². The highest BCUT2D eigenvalue weighted by atomic mass is 32.1. The fraction of sp³-hybridized carbons (Fsp3) is 0.725. The number of carbonyl (C=O) groups is 10. The summed E-state index contributed by atoms with van der Waals surface area (Å²) in [6.07, 6.45) is 0.754. The van der Waals surface area contributed by atoms with Gasteiger partial charge in [-0.1, -0.05) is 27.7 Å². The van der Waals surface area contributed by atoms with Gasteiger partial charge in [-0.05, 0) is 70.1 Å². The normalized spacial score (nSPS) is 18.6. The number of carboxylic acid groups (broad SMARTS) is 2. The summed E-state index contributed by atoms with van der Waals surface area (Å²) < 4.78 is 0. The Labute approximate surface area is 383 Å². The average molecular weight is 941 g/mol. The summed E-state index contributed by atoms with van der Waals surface area (Å²) in [6, 6.07) is -9.31. The highest BCUT2D eigenvalue weighted by Gasteiger charge is 2.41. The molecule has 0 unspecified atom stereocenters. The topological polar surface area (TPSA) is 380 Å². The first-order valence-corrected chi connectivity index (χ1v) is 22.4. The number of rotatable bonds is 26. The Bertz CT molecular complexity index is 1760. The fourth-order valence-corrected chi connectivity index (χ4v) is 7.49. The molecule has 0 aromatic heterocycles. The van der Waals surface area contributed by atoms with Gasteiger partial charge < -0.3 is 69.1 Å². The molecule has 0 radical (unpaired) electrons. The lowest BCUT2D eigenvalue weighted by atomic mass is 10.0. The van der Waals surface area contributed by atoms with Gasteiger partial charge in [-0.3, -0.25) is 48.1 Å². The molecular weight excluding hydrogens is 873 g/mol. The second kappa shape index (κ2) is 26.9. The van der Waals surface area contributed by atoms with Gasteiger partial charge in [-0.15, -0.1) is 0 Å². The number of nitrogens with one attached hydrogen (secondary N) is 6. The van der Waals surface area contributed by atoms with E-state index in [4.69, 9.17) is 17.2 Å². The standard InChI is InChI=1S/C40H68N12O12S/c1-20(2)17-26(49-33(57)23(41)19-65)34(58)45-18-29(53)47-24(9-6-14-44-40(42)43)37(61)51-15-7-10-27(51)35(59)46-22(5)32(56)48-25(12-13-30(54)55)38(62)52-16-8-11-28(52)36(60)50-31(21(3)4)39(63)64/h20-28,31,65H,6-19,41H2,1-5H3,(H,45,58)(H,46,59)(H,47,53)(H,48,56)(H,49,57)(H,50,60)(H,54,55)(H,63,64)(H4,42,43,44)/t22-,23-,24-,25-,26-,27-,28-,31-/m0/s1. The number of thiol groups is 1. The second-order valence-corrected chi connectivity index (χ2v) is 17.3. The lowest BCUT2D eigenvalue weighted by Gasteiger charge is -2.31. The predicted octanol–water partition coefficient (Wildman–Crippen LogP) is -3.51. The van der Waals surface area contributed by atoms with Crippen LogP contribution in [0.15, 0.2) is 4.99 Å². The number of nitrogens with zero attached hydrogens (tertiary/aromatic N) is 3. The van der Waals surface area contributed by atoms with E-state index in [0.29, 0.717) is 12.8 Å². The van der Waals surface area contributed by atoms with Crippen molar-refractivity contribution in [2.75, 3.05) is 31.9 Å². The Morgan fingerprint density at radius 1 is 0.723 bits per heavy atom. The minimum absolute atomic E-state index is 0.0199. The van der Waals surface area contributed by atoms with E-state index >= 15 is 0 Å². The zero-order chi connectivity index (χ0) is 49.1. The van der Waals surface area contributed by atoms with Crippen molar-refractivity contribution in [1.82, 2.24) is 41.7 Å². The third kappa shape index (κ3) is 18.0. The number of carbonyl (C=O) groups excluding carboxylic acids is 8. The third-order valence-corrected chi connectivity index (χ3v) is 11.2. The maximum atomic E-state index is 14.1.